The van der Waals surface area contributed by atoms with Crippen LogP contribution in [0.2, 0.25) is 0 Å². The summed E-state index contributed by atoms with van der Waals surface area (Å²) >= 11 is 0. The maximum Gasteiger partial charge on any atom is 0.231 e. The standard InChI is InChI=1S/C19H18N2O/c1-13-10-16-4-2-3-5-18(16)21(13)19(22)12-14-6-7-17-15(11-14)8-9-20-17/h2-9,11,13,20H,10,12H2,1H3. The number of nitrogens with one attached hydrogen (secondary N) is 1. The maximum absolute atomic E-state index is 12.8. The van der Waals surface area contributed by atoms with Crippen molar-refractivity contribution in [2.75, 3.05) is 4.90 Å². The number of amides is 1. The highest BCUT2D eigenvalue weighted by molar-refractivity contribution is 5.97. The molecule has 0 bridgehead atoms. The van der Waals surface area contributed by atoms with Gasteiger partial charge in [0.25, 0.3) is 0 Å². The van der Waals surface area contributed by atoms with Crippen molar-refractivity contribution in [3.8, 4) is 0 Å². The summed E-state index contributed by atoms with van der Waals surface area (Å²) in [6.07, 6.45) is 3.31. The molecule has 3 aromatic rings. The number of fused-ring (bicyclic) bond motifs is 2. The van der Waals surface area contributed by atoms with Gasteiger partial charge in [-0.3, -0.25) is 4.79 Å². The molecule has 1 aliphatic heterocycles. The van der Waals surface area contributed by atoms with Crippen LogP contribution in [0, 0.1) is 0 Å². The van der Waals surface area contributed by atoms with Gasteiger partial charge in [0.2, 0.25) is 5.91 Å². The van der Waals surface area contributed by atoms with Crippen molar-refractivity contribution in [1.29, 1.82) is 0 Å². The zero-order chi connectivity index (χ0) is 15.1. The number of benzene rings is 2. The Kier molecular flexibility index (Phi) is 3.00. The molecule has 2 heterocycles. The third-order valence-electron chi connectivity index (χ3n) is 4.45. The van der Waals surface area contributed by atoms with Gasteiger partial charge in [-0.05, 0) is 54.1 Å². The fourth-order valence-corrected chi connectivity index (χ4v) is 3.42. The molecule has 22 heavy (non-hydrogen) atoms. The van der Waals surface area contributed by atoms with Gasteiger partial charge in [0.15, 0.2) is 0 Å². The number of rotatable bonds is 2. The normalized spacial score (nSPS) is 17.0. The average molecular weight is 290 g/mol. The van der Waals surface area contributed by atoms with E-state index in [1.807, 2.05) is 47.5 Å². The van der Waals surface area contributed by atoms with Crippen LogP contribution in [-0.2, 0) is 17.6 Å². The maximum atomic E-state index is 12.8. The van der Waals surface area contributed by atoms with Crippen LogP contribution >= 0.6 is 0 Å². The molecule has 1 aromatic heterocycles. The first-order chi connectivity index (χ1) is 10.7. The Hall–Kier alpha value is -2.55. The van der Waals surface area contributed by atoms with Crippen LogP contribution in [0.1, 0.15) is 18.1 Å². The van der Waals surface area contributed by atoms with Crippen LogP contribution in [0.15, 0.2) is 54.7 Å². The lowest BCUT2D eigenvalue weighted by molar-refractivity contribution is -0.118. The SMILES string of the molecule is CC1Cc2ccccc2N1C(=O)Cc1ccc2[nH]ccc2c1. The molecule has 3 nitrogen and oxygen atoms in total. The highest BCUT2D eigenvalue weighted by Gasteiger charge is 2.30. The van der Waals surface area contributed by atoms with Crippen molar-refractivity contribution in [3.05, 3.63) is 65.9 Å². The molecule has 0 aliphatic carbocycles. The van der Waals surface area contributed by atoms with E-state index in [1.165, 1.54) is 5.56 Å². The Morgan fingerprint density at radius 2 is 2.09 bits per heavy atom. The molecule has 2 aromatic carbocycles. The first-order valence-corrected chi connectivity index (χ1v) is 7.68. The van der Waals surface area contributed by atoms with Crippen LogP contribution in [-0.4, -0.2) is 16.9 Å². The Bertz CT molecular complexity index is 849. The van der Waals surface area contributed by atoms with Gasteiger partial charge in [-0.15, -0.1) is 0 Å². The van der Waals surface area contributed by atoms with Gasteiger partial charge in [-0.1, -0.05) is 24.3 Å². The Labute approximate surface area is 129 Å². The molecule has 3 heteroatoms. The average Bonchev–Trinajstić information content (AvgIpc) is 3.09. The summed E-state index contributed by atoms with van der Waals surface area (Å²) in [7, 11) is 0. The minimum absolute atomic E-state index is 0.173. The van der Waals surface area contributed by atoms with Crippen LogP contribution in [0.3, 0.4) is 0 Å². The van der Waals surface area contributed by atoms with Gasteiger partial charge in [0.1, 0.15) is 0 Å². The second-order valence-electron chi connectivity index (χ2n) is 6.02. The molecule has 110 valence electrons. The van der Waals surface area contributed by atoms with E-state index in [0.29, 0.717) is 6.42 Å². The van der Waals surface area contributed by atoms with E-state index in [4.69, 9.17) is 0 Å². The first-order valence-electron chi connectivity index (χ1n) is 7.68. The molecular formula is C19H18N2O. The molecule has 0 saturated carbocycles. The highest BCUT2D eigenvalue weighted by atomic mass is 16.2. The molecule has 0 spiro atoms. The van der Waals surface area contributed by atoms with Crippen molar-refractivity contribution in [2.24, 2.45) is 0 Å². The molecular weight excluding hydrogens is 272 g/mol. The topological polar surface area (TPSA) is 36.1 Å². The van der Waals surface area contributed by atoms with Crippen molar-refractivity contribution in [1.82, 2.24) is 4.98 Å². The van der Waals surface area contributed by atoms with Crippen LogP contribution in [0.4, 0.5) is 5.69 Å². The van der Waals surface area contributed by atoms with E-state index in [1.54, 1.807) is 0 Å². The number of anilines is 1. The number of para-hydroxylation sites is 1. The number of aromatic nitrogens is 1. The van der Waals surface area contributed by atoms with E-state index >= 15 is 0 Å². The number of carbonyl (C=O) groups excluding carboxylic acids is 1. The Morgan fingerprint density at radius 1 is 1.23 bits per heavy atom. The molecule has 1 unspecified atom stereocenters. The van der Waals surface area contributed by atoms with E-state index < -0.39 is 0 Å². The van der Waals surface area contributed by atoms with E-state index in [0.717, 1.165) is 28.6 Å². The molecule has 1 amide bonds. The highest BCUT2D eigenvalue weighted by Crippen LogP contribution is 2.32. The lowest BCUT2D eigenvalue weighted by atomic mass is 10.1. The van der Waals surface area contributed by atoms with Gasteiger partial charge in [-0.2, -0.15) is 0 Å². The second kappa shape index (κ2) is 5.02. The van der Waals surface area contributed by atoms with Gasteiger partial charge in [-0.25, -0.2) is 0 Å². The van der Waals surface area contributed by atoms with E-state index in [-0.39, 0.29) is 11.9 Å². The number of carbonyl (C=O) groups is 1. The summed E-state index contributed by atoms with van der Waals surface area (Å²) < 4.78 is 0. The predicted molar refractivity (Wildman–Crippen MR) is 89.1 cm³/mol. The number of hydrogen-bond acceptors (Lipinski definition) is 1. The summed E-state index contributed by atoms with van der Waals surface area (Å²) in [6.45, 7) is 2.12. The predicted octanol–water partition coefficient (Wildman–Crippen LogP) is 3.69. The summed E-state index contributed by atoms with van der Waals surface area (Å²) in [4.78, 5) is 17.9. The summed E-state index contributed by atoms with van der Waals surface area (Å²) in [5.74, 6) is 0.173. The van der Waals surface area contributed by atoms with Crippen LogP contribution in [0.25, 0.3) is 10.9 Å². The molecule has 0 radical (unpaired) electrons. The first kappa shape index (κ1) is 13.1. The largest absolute Gasteiger partial charge is 0.361 e. The lowest BCUT2D eigenvalue weighted by Crippen LogP contribution is -2.36. The fourth-order valence-electron chi connectivity index (χ4n) is 3.42. The molecule has 1 aliphatic rings. The van der Waals surface area contributed by atoms with E-state index in [9.17, 15) is 4.79 Å². The summed E-state index contributed by atoms with van der Waals surface area (Å²) in [5, 5.41) is 1.15. The smallest absolute Gasteiger partial charge is 0.231 e. The minimum Gasteiger partial charge on any atom is -0.361 e. The van der Waals surface area contributed by atoms with Gasteiger partial charge in [0.05, 0.1) is 6.42 Å². The zero-order valence-electron chi connectivity index (χ0n) is 12.5. The van der Waals surface area contributed by atoms with E-state index in [2.05, 4.69) is 24.0 Å². The third-order valence-corrected chi connectivity index (χ3v) is 4.45. The van der Waals surface area contributed by atoms with Crippen molar-refractivity contribution < 1.29 is 4.79 Å². The summed E-state index contributed by atoms with van der Waals surface area (Å²) in [6, 6.07) is 16.6. The Balaban J connectivity index is 1.62. The van der Waals surface area contributed by atoms with Gasteiger partial charge >= 0.3 is 0 Å². The summed E-state index contributed by atoms with van der Waals surface area (Å²) in [5.41, 5.74) is 4.51. The van der Waals surface area contributed by atoms with Gasteiger partial charge < -0.3 is 9.88 Å². The monoisotopic (exact) mass is 290 g/mol. The van der Waals surface area contributed by atoms with Crippen molar-refractivity contribution >= 4 is 22.5 Å². The minimum atomic E-state index is 0.173. The van der Waals surface area contributed by atoms with Crippen molar-refractivity contribution in [3.63, 3.8) is 0 Å². The number of aromatic amines is 1. The fraction of sp³-hybridized carbons (Fsp3) is 0.211. The number of nitrogens with zero attached hydrogens (tertiary/aromatic N) is 1. The molecule has 0 fully saturated rings. The lowest BCUT2D eigenvalue weighted by Gasteiger charge is -2.22. The zero-order valence-corrected chi connectivity index (χ0v) is 12.5. The molecule has 0 saturated heterocycles. The molecule has 1 N–H and O–H groups in total. The van der Waals surface area contributed by atoms with Crippen molar-refractivity contribution in [2.45, 2.75) is 25.8 Å². The number of hydrogen-bond donors (Lipinski definition) is 1. The quantitative estimate of drug-likeness (QED) is 0.767. The molecule has 4 rings (SSSR count). The van der Waals surface area contributed by atoms with Gasteiger partial charge in [0, 0.05) is 23.4 Å². The Morgan fingerprint density at radius 3 is 3.00 bits per heavy atom. The molecule has 1 atom stereocenters. The van der Waals surface area contributed by atoms with Crippen LogP contribution in [0.5, 0.6) is 0 Å². The second-order valence-corrected chi connectivity index (χ2v) is 6.02. The van der Waals surface area contributed by atoms with Crippen LogP contribution < -0.4 is 4.90 Å². The third kappa shape index (κ3) is 2.10. The number of H-pyrrole nitrogens is 1.